The molecule has 3 heteroatoms. The Morgan fingerprint density at radius 2 is 2.36 bits per heavy atom. The van der Waals surface area contributed by atoms with Crippen molar-refractivity contribution in [3.8, 4) is 0 Å². The molecule has 1 heterocycles. The van der Waals surface area contributed by atoms with Crippen molar-refractivity contribution in [2.75, 3.05) is 0 Å². The molecule has 0 bridgehead atoms. The standard InChI is InChI=1S/C8H14O3/c1-2-6-4-3-5-7(11-6)8(9)10/h6-7H,2-5H2,1H3,(H,9,10)/t6-,7-/m0/s1. The molecule has 1 saturated heterocycles. The Labute approximate surface area is 66.4 Å². The van der Waals surface area contributed by atoms with Crippen LogP contribution in [0, 0.1) is 0 Å². The molecule has 64 valence electrons. The SMILES string of the molecule is CC[C@H]1CCC[C@@H](C(=O)O)O1. The second-order valence-corrected chi connectivity index (χ2v) is 2.92. The van der Waals surface area contributed by atoms with Gasteiger partial charge in [-0.05, 0) is 25.7 Å². The van der Waals surface area contributed by atoms with Gasteiger partial charge in [0.1, 0.15) is 0 Å². The molecule has 0 unspecified atom stereocenters. The minimum atomic E-state index is -0.817. The fraction of sp³-hybridized carbons (Fsp3) is 0.875. The van der Waals surface area contributed by atoms with Crippen LogP contribution in [0.2, 0.25) is 0 Å². The molecular formula is C8H14O3. The summed E-state index contributed by atoms with van der Waals surface area (Å²) in [7, 11) is 0. The summed E-state index contributed by atoms with van der Waals surface area (Å²) >= 11 is 0. The molecule has 0 aliphatic carbocycles. The molecule has 1 rings (SSSR count). The number of hydrogen-bond acceptors (Lipinski definition) is 2. The van der Waals surface area contributed by atoms with Crippen LogP contribution in [-0.4, -0.2) is 23.3 Å². The van der Waals surface area contributed by atoms with E-state index in [1.54, 1.807) is 0 Å². The first-order valence-corrected chi connectivity index (χ1v) is 4.12. The first kappa shape index (κ1) is 8.53. The molecule has 0 spiro atoms. The molecule has 0 radical (unpaired) electrons. The molecule has 1 aliphatic heterocycles. The highest BCUT2D eigenvalue weighted by Crippen LogP contribution is 2.20. The van der Waals surface area contributed by atoms with Gasteiger partial charge in [-0.25, -0.2) is 4.79 Å². The summed E-state index contributed by atoms with van der Waals surface area (Å²) in [5.74, 6) is -0.817. The molecule has 0 saturated carbocycles. The van der Waals surface area contributed by atoms with Gasteiger partial charge in [-0.1, -0.05) is 6.92 Å². The first-order chi connectivity index (χ1) is 5.24. The smallest absolute Gasteiger partial charge is 0.332 e. The molecule has 1 N–H and O–H groups in total. The van der Waals surface area contributed by atoms with Gasteiger partial charge in [0.15, 0.2) is 6.10 Å². The van der Waals surface area contributed by atoms with Gasteiger partial charge in [0.2, 0.25) is 0 Å². The van der Waals surface area contributed by atoms with Crippen molar-refractivity contribution >= 4 is 5.97 Å². The normalized spacial score (nSPS) is 31.7. The van der Waals surface area contributed by atoms with E-state index in [1.165, 1.54) is 0 Å². The summed E-state index contributed by atoms with van der Waals surface area (Å²) in [4.78, 5) is 10.5. The van der Waals surface area contributed by atoms with Crippen molar-refractivity contribution in [1.82, 2.24) is 0 Å². The van der Waals surface area contributed by atoms with E-state index in [0.29, 0.717) is 6.42 Å². The lowest BCUT2D eigenvalue weighted by Gasteiger charge is -2.26. The van der Waals surface area contributed by atoms with E-state index < -0.39 is 12.1 Å². The third-order valence-electron chi connectivity index (χ3n) is 2.08. The largest absolute Gasteiger partial charge is 0.479 e. The van der Waals surface area contributed by atoms with E-state index in [1.807, 2.05) is 6.92 Å². The zero-order chi connectivity index (χ0) is 8.27. The van der Waals surface area contributed by atoms with Crippen LogP contribution in [0.4, 0.5) is 0 Å². The van der Waals surface area contributed by atoms with Gasteiger partial charge < -0.3 is 9.84 Å². The molecule has 0 aromatic heterocycles. The van der Waals surface area contributed by atoms with Crippen LogP contribution >= 0.6 is 0 Å². The number of rotatable bonds is 2. The predicted octanol–water partition coefficient (Wildman–Crippen LogP) is 1.42. The van der Waals surface area contributed by atoms with Gasteiger partial charge in [0.05, 0.1) is 6.10 Å². The van der Waals surface area contributed by atoms with E-state index >= 15 is 0 Å². The lowest BCUT2D eigenvalue weighted by Crippen LogP contribution is -2.33. The Morgan fingerprint density at radius 3 is 2.91 bits per heavy atom. The number of aliphatic carboxylic acids is 1. The van der Waals surface area contributed by atoms with Crippen molar-refractivity contribution in [3.63, 3.8) is 0 Å². The number of carboxylic acid groups (broad SMARTS) is 1. The maximum absolute atomic E-state index is 10.5. The third-order valence-corrected chi connectivity index (χ3v) is 2.08. The van der Waals surface area contributed by atoms with Gasteiger partial charge in [-0.3, -0.25) is 0 Å². The van der Waals surface area contributed by atoms with Crippen LogP contribution in [0.25, 0.3) is 0 Å². The number of carbonyl (C=O) groups is 1. The maximum atomic E-state index is 10.5. The Bertz CT molecular complexity index is 144. The number of hydrogen-bond donors (Lipinski definition) is 1. The van der Waals surface area contributed by atoms with Crippen molar-refractivity contribution in [2.24, 2.45) is 0 Å². The van der Waals surface area contributed by atoms with Crippen LogP contribution < -0.4 is 0 Å². The lowest BCUT2D eigenvalue weighted by atomic mass is 10.0. The average molecular weight is 158 g/mol. The van der Waals surface area contributed by atoms with Crippen molar-refractivity contribution < 1.29 is 14.6 Å². The highest BCUT2D eigenvalue weighted by atomic mass is 16.5. The van der Waals surface area contributed by atoms with E-state index in [0.717, 1.165) is 19.3 Å². The first-order valence-electron chi connectivity index (χ1n) is 4.12. The number of ether oxygens (including phenoxy) is 1. The maximum Gasteiger partial charge on any atom is 0.332 e. The zero-order valence-electron chi connectivity index (χ0n) is 6.75. The van der Waals surface area contributed by atoms with Crippen molar-refractivity contribution in [3.05, 3.63) is 0 Å². The molecule has 1 fully saturated rings. The van der Waals surface area contributed by atoms with Gasteiger partial charge in [-0.2, -0.15) is 0 Å². The van der Waals surface area contributed by atoms with E-state index in [9.17, 15) is 4.79 Å². The fourth-order valence-corrected chi connectivity index (χ4v) is 1.38. The van der Waals surface area contributed by atoms with E-state index in [2.05, 4.69) is 0 Å². The molecule has 1 aliphatic rings. The molecule has 2 atom stereocenters. The number of carboxylic acids is 1. The van der Waals surface area contributed by atoms with Crippen LogP contribution in [0.5, 0.6) is 0 Å². The van der Waals surface area contributed by atoms with Gasteiger partial charge >= 0.3 is 5.97 Å². The van der Waals surface area contributed by atoms with Crippen LogP contribution in [0.3, 0.4) is 0 Å². The van der Waals surface area contributed by atoms with E-state index in [4.69, 9.17) is 9.84 Å². The summed E-state index contributed by atoms with van der Waals surface area (Å²) in [6.45, 7) is 2.02. The minimum absolute atomic E-state index is 0.171. The Kier molecular flexibility index (Phi) is 2.88. The highest BCUT2D eigenvalue weighted by molar-refractivity contribution is 5.72. The summed E-state index contributed by atoms with van der Waals surface area (Å²) in [5, 5.41) is 8.63. The predicted molar refractivity (Wildman–Crippen MR) is 40.4 cm³/mol. The molecule has 0 aromatic carbocycles. The van der Waals surface area contributed by atoms with Gasteiger partial charge in [-0.15, -0.1) is 0 Å². The van der Waals surface area contributed by atoms with E-state index in [-0.39, 0.29) is 6.10 Å². The molecule has 0 amide bonds. The summed E-state index contributed by atoms with van der Waals surface area (Å²) < 4.78 is 5.30. The highest BCUT2D eigenvalue weighted by Gasteiger charge is 2.25. The Morgan fingerprint density at radius 1 is 1.64 bits per heavy atom. The monoisotopic (exact) mass is 158 g/mol. The van der Waals surface area contributed by atoms with Crippen LogP contribution in [-0.2, 0) is 9.53 Å². The second-order valence-electron chi connectivity index (χ2n) is 2.92. The zero-order valence-corrected chi connectivity index (χ0v) is 6.75. The molecule has 3 nitrogen and oxygen atoms in total. The quantitative estimate of drug-likeness (QED) is 0.661. The summed E-state index contributed by atoms with van der Waals surface area (Å²) in [6.07, 6.45) is 3.21. The second kappa shape index (κ2) is 3.72. The summed E-state index contributed by atoms with van der Waals surface area (Å²) in [6, 6.07) is 0. The fourth-order valence-electron chi connectivity index (χ4n) is 1.38. The van der Waals surface area contributed by atoms with Crippen molar-refractivity contribution in [1.29, 1.82) is 0 Å². The van der Waals surface area contributed by atoms with Gasteiger partial charge in [0.25, 0.3) is 0 Å². The molecular weight excluding hydrogens is 144 g/mol. The van der Waals surface area contributed by atoms with Crippen LogP contribution in [0.15, 0.2) is 0 Å². The average Bonchev–Trinajstić information content (AvgIpc) is 2.05. The van der Waals surface area contributed by atoms with Gasteiger partial charge in [0, 0.05) is 0 Å². The summed E-state index contributed by atoms with van der Waals surface area (Å²) in [5.41, 5.74) is 0. The van der Waals surface area contributed by atoms with Crippen molar-refractivity contribution in [2.45, 2.75) is 44.8 Å². The lowest BCUT2D eigenvalue weighted by molar-refractivity contribution is -0.159. The Hall–Kier alpha value is -0.570. The molecule has 11 heavy (non-hydrogen) atoms. The third kappa shape index (κ3) is 2.19. The topological polar surface area (TPSA) is 46.5 Å². The van der Waals surface area contributed by atoms with Crippen LogP contribution in [0.1, 0.15) is 32.6 Å². The minimum Gasteiger partial charge on any atom is -0.479 e. The Balaban J connectivity index is 2.39. The molecule has 0 aromatic rings.